The Bertz CT molecular complexity index is 70.4. The number of hydrogen-bond acceptors (Lipinski definition) is 4. The normalized spacial score (nSPS) is 14.0. The number of hydrogen-bond donors (Lipinski definition) is 3. The predicted octanol–water partition coefficient (Wildman–Crippen LogP) is -1.84. The molecule has 0 bridgehead atoms. The molecule has 1 unspecified atom stereocenters. The summed E-state index contributed by atoms with van der Waals surface area (Å²) >= 11 is 0. The van der Waals surface area contributed by atoms with E-state index in [9.17, 15) is 4.79 Å². The Labute approximate surface area is 46.4 Å². The van der Waals surface area contributed by atoms with Gasteiger partial charge < -0.3 is 15.3 Å². The van der Waals surface area contributed by atoms with Crippen LogP contribution in [0.1, 0.15) is 6.42 Å². The van der Waals surface area contributed by atoms with Gasteiger partial charge in [-0.15, -0.1) is 0 Å². The zero-order chi connectivity index (χ0) is 6.57. The van der Waals surface area contributed by atoms with Gasteiger partial charge in [0.2, 0.25) is 6.29 Å². The summed E-state index contributed by atoms with van der Waals surface area (Å²) in [7, 11) is 0. The van der Waals surface area contributed by atoms with Gasteiger partial charge in [-0.2, -0.15) is 0 Å². The lowest BCUT2D eigenvalue weighted by molar-refractivity contribution is -0.118. The highest BCUT2D eigenvalue weighted by Crippen LogP contribution is 1.90. The van der Waals surface area contributed by atoms with Gasteiger partial charge in [-0.25, -0.2) is 0 Å². The third kappa shape index (κ3) is 2.68. The van der Waals surface area contributed by atoms with E-state index in [1.807, 2.05) is 0 Å². The molecule has 0 spiro atoms. The van der Waals surface area contributed by atoms with Crippen molar-refractivity contribution >= 4 is 6.29 Å². The molecule has 0 aliphatic rings. The lowest BCUT2D eigenvalue weighted by Crippen LogP contribution is -2.25. The average molecular weight is 119 g/mol. The largest absolute Gasteiger partial charge is 0.387 e. The predicted molar refractivity (Wildman–Crippen MR) is 24.5 cm³/mol. The van der Waals surface area contributed by atoms with Crippen LogP contribution >= 0.6 is 0 Å². The number of aliphatic hydroxyl groups is 3. The van der Waals surface area contributed by atoms with Crippen molar-refractivity contribution in [2.75, 3.05) is 0 Å². The van der Waals surface area contributed by atoms with Crippen molar-refractivity contribution in [2.24, 2.45) is 0 Å². The van der Waals surface area contributed by atoms with Gasteiger partial charge in [-0.1, -0.05) is 0 Å². The van der Waals surface area contributed by atoms with Gasteiger partial charge in [0, 0.05) is 6.42 Å². The van der Waals surface area contributed by atoms with E-state index in [0.717, 1.165) is 0 Å². The van der Waals surface area contributed by atoms with E-state index < -0.39 is 12.4 Å². The van der Waals surface area contributed by atoms with Gasteiger partial charge >= 0.3 is 0 Å². The van der Waals surface area contributed by atoms with E-state index in [2.05, 4.69) is 0 Å². The third-order valence-electron chi connectivity index (χ3n) is 0.637. The minimum absolute atomic E-state index is 0.363. The van der Waals surface area contributed by atoms with Crippen molar-refractivity contribution in [3.05, 3.63) is 0 Å². The zero-order valence-electron chi connectivity index (χ0n) is 4.11. The van der Waals surface area contributed by atoms with Crippen molar-refractivity contribution in [3.8, 4) is 0 Å². The zero-order valence-corrected chi connectivity index (χ0v) is 4.11. The highest BCUT2D eigenvalue weighted by atomic mass is 16.5. The van der Waals surface area contributed by atoms with E-state index in [0.29, 0.717) is 0 Å². The summed E-state index contributed by atoms with van der Waals surface area (Å²) in [6, 6.07) is 0. The molecule has 0 heterocycles. The van der Waals surface area contributed by atoms with Crippen LogP contribution in [0.2, 0.25) is 0 Å². The Kier molecular flexibility index (Phi) is 3.34. The summed E-state index contributed by atoms with van der Waals surface area (Å²) < 4.78 is 0. The van der Waals surface area contributed by atoms with Crippen molar-refractivity contribution in [2.45, 2.75) is 18.8 Å². The van der Waals surface area contributed by atoms with Gasteiger partial charge in [0.1, 0.15) is 6.10 Å². The molecule has 8 heavy (non-hydrogen) atoms. The second-order valence-corrected chi connectivity index (χ2v) is 1.33. The number of aliphatic hydroxyl groups excluding tert-OH is 2. The van der Waals surface area contributed by atoms with E-state index in [1.165, 1.54) is 6.29 Å². The first kappa shape index (κ1) is 7.55. The topological polar surface area (TPSA) is 77.8 Å². The first-order valence-corrected chi connectivity index (χ1v) is 2.07. The van der Waals surface area contributed by atoms with Gasteiger partial charge in [0.25, 0.3) is 0 Å². The molecule has 1 radical (unpaired) electrons. The monoisotopic (exact) mass is 119 g/mol. The van der Waals surface area contributed by atoms with Crippen LogP contribution in [0.4, 0.5) is 0 Å². The Balaban J connectivity index is 3.30. The van der Waals surface area contributed by atoms with Gasteiger partial charge in [0.15, 0.2) is 6.29 Å². The summed E-state index contributed by atoms with van der Waals surface area (Å²) in [4.78, 5) is 9.41. The summed E-state index contributed by atoms with van der Waals surface area (Å²) in [5, 5.41) is 24.5. The standard InChI is InChI=1S/C4H7O4/c5-2-1-3(6)4(7)8/h3-4,6-8H,1H2. The summed E-state index contributed by atoms with van der Waals surface area (Å²) in [6.45, 7) is 0. The fourth-order valence-electron chi connectivity index (χ4n) is 0.191. The Morgan fingerprint density at radius 3 is 2.00 bits per heavy atom. The maximum Gasteiger partial charge on any atom is 0.201 e. The SMILES string of the molecule is O=[C]CC(O)C(O)O. The Morgan fingerprint density at radius 2 is 1.88 bits per heavy atom. The minimum atomic E-state index is -1.84. The van der Waals surface area contributed by atoms with Gasteiger partial charge in [0.05, 0.1) is 0 Å². The molecule has 0 aromatic rings. The Hall–Kier alpha value is -0.450. The van der Waals surface area contributed by atoms with Gasteiger partial charge in [-0.05, 0) is 0 Å². The second kappa shape index (κ2) is 3.54. The van der Waals surface area contributed by atoms with E-state index in [4.69, 9.17) is 15.3 Å². The van der Waals surface area contributed by atoms with Crippen molar-refractivity contribution in [1.82, 2.24) is 0 Å². The smallest absolute Gasteiger partial charge is 0.201 e. The van der Waals surface area contributed by atoms with Crippen LogP contribution in [-0.4, -0.2) is 34.0 Å². The van der Waals surface area contributed by atoms with Crippen molar-refractivity contribution in [3.63, 3.8) is 0 Å². The van der Waals surface area contributed by atoms with Crippen LogP contribution in [0, 0.1) is 0 Å². The molecule has 0 rings (SSSR count). The second-order valence-electron chi connectivity index (χ2n) is 1.33. The molecule has 0 fully saturated rings. The van der Waals surface area contributed by atoms with Crippen LogP contribution in [-0.2, 0) is 4.79 Å². The Morgan fingerprint density at radius 1 is 1.38 bits per heavy atom. The van der Waals surface area contributed by atoms with Crippen LogP contribution in [0.5, 0.6) is 0 Å². The molecule has 4 nitrogen and oxygen atoms in total. The van der Waals surface area contributed by atoms with Crippen LogP contribution in [0.3, 0.4) is 0 Å². The molecule has 0 aromatic carbocycles. The number of carbonyl (C=O) groups excluding carboxylic acids is 1. The lowest BCUT2D eigenvalue weighted by Gasteiger charge is -2.06. The summed E-state index contributed by atoms with van der Waals surface area (Å²) in [6.07, 6.45) is -2.27. The quantitative estimate of drug-likeness (QED) is 0.381. The highest BCUT2D eigenvalue weighted by molar-refractivity contribution is 5.51. The molecule has 3 N–H and O–H groups in total. The molecule has 4 heteroatoms. The fraction of sp³-hybridized carbons (Fsp3) is 0.750. The highest BCUT2D eigenvalue weighted by Gasteiger charge is 2.10. The fourth-order valence-corrected chi connectivity index (χ4v) is 0.191. The molecule has 1 atom stereocenters. The molecule has 0 saturated heterocycles. The van der Waals surface area contributed by atoms with Crippen molar-refractivity contribution < 1.29 is 20.1 Å². The molecule has 0 saturated carbocycles. The van der Waals surface area contributed by atoms with Crippen LogP contribution < -0.4 is 0 Å². The molecule has 0 amide bonds. The molecule has 0 aromatic heterocycles. The maximum atomic E-state index is 9.41. The summed E-state index contributed by atoms with van der Waals surface area (Å²) in [5.74, 6) is 0. The van der Waals surface area contributed by atoms with Crippen molar-refractivity contribution in [1.29, 1.82) is 0 Å². The summed E-state index contributed by atoms with van der Waals surface area (Å²) in [5.41, 5.74) is 0. The third-order valence-corrected chi connectivity index (χ3v) is 0.637. The molecule has 0 aliphatic carbocycles. The number of rotatable bonds is 3. The maximum absolute atomic E-state index is 9.41. The van der Waals surface area contributed by atoms with Crippen LogP contribution in [0.25, 0.3) is 0 Å². The first-order valence-electron chi connectivity index (χ1n) is 2.07. The molecule has 47 valence electrons. The van der Waals surface area contributed by atoms with E-state index in [1.54, 1.807) is 0 Å². The minimum Gasteiger partial charge on any atom is -0.387 e. The molecule has 0 aliphatic heterocycles. The molecular formula is C4H7O4. The molecular weight excluding hydrogens is 112 g/mol. The van der Waals surface area contributed by atoms with E-state index in [-0.39, 0.29) is 6.42 Å². The van der Waals surface area contributed by atoms with E-state index >= 15 is 0 Å². The van der Waals surface area contributed by atoms with Gasteiger partial charge in [-0.3, -0.25) is 4.79 Å². The van der Waals surface area contributed by atoms with Crippen LogP contribution in [0.15, 0.2) is 0 Å². The lowest BCUT2D eigenvalue weighted by atomic mass is 10.3. The average Bonchev–Trinajstić information content (AvgIpc) is 1.67. The first-order chi connectivity index (χ1) is 3.68.